The molecule has 0 aromatic carbocycles. The van der Waals surface area contributed by atoms with Gasteiger partial charge in [-0.3, -0.25) is 4.79 Å². The van der Waals surface area contributed by atoms with Gasteiger partial charge in [-0.1, -0.05) is 12.8 Å². The van der Waals surface area contributed by atoms with E-state index in [1.54, 1.807) is 0 Å². The molecule has 1 aromatic heterocycles. The molecule has 6 nitrogen and oxygen atoms in total. The number of unbranched alkanes of at least 4 members (excludes halogenated alkanes) is 3. The third kappa shape index (κ3) is 11.0. The summed E-state index contributed by atoms with van der Waals surface area (Å²) in [6, 6.07) is 4.06. The van der Waals surface area contributed by atoms with E-state index in [-0.39, 0.29) is 43.1 Å². The summed E-state index contributed by atoms with van der Waals surface area (Å²) in [5.41, 5.74) is 6.57. The molecule has 0 saturated carbocycles. The van der Waals surface area contributed by atoms with E-state index < -0.39 is 0 Å². The SMILES string of the molecule is CN1CCN(c2cc(CNC(=O)CCCCCCN)ccn2)CC1.Cl.Cl.Cl. The highest BCUT2D eigenvalue weighted by atomic mass is 35.5. The molecule has 3 N–H and O–H groups in total. The van der Waals surface area contributed by atoms with E-state index in [0.717, 1.165) is 69.8 Å². The Balaban J connectivity index is 0. The molecule has 9 heteroatoms. The number of rotatable bonds is 9. The monoisotopic (exact) mass is 441 g/mol. The van der Waals surface area contributed by atoms with Gasteiger partial charge < -0.3 is 20.9 Å². The second-order valence-electron chi connectivity index (χ2n) is 6.54. The normalized spacial score (nSPS) is 13.8. The summed E-state index contributed by atoms with van der Waals surface area (Å²) < 4.78 is 0. The zero-order valence-corrected chi connectivity index (χ0v) is 18.5. The Hall–Kier alpha value is -0.790. The number of carbonyl (C=O) groups excluding carboxylic acids is 1. The minimum absolute atomic E-state index is 0. The molecular weight excluding hydrogens is 409 g/mol. The quantitative estimate of drug-likeness (QED) is 0.575. The maximum atomic E-state index is 11.9. The summed E-state index contributed by atoms with van der Waals surface area (Å²) in [5.74, 6) is 1.14. The van der Waals surface area contributed by atoms with Crippen molar-refractivity contribution in [2.45, 2.75) is 38.6 Å². The molecule has 1 saturated heterocycles. The Bertz CT molecular complexity index is 514. The third-order valence-corrected chi connectivity index (χ3v) is 4.48. The van der Waals surface area contributed by atoms with Crippen molar-refractivity contribution < 1.29 is 4.79 Å². The van der Waals surface area contributed by atoms with Crippen molar-refractivity contribution >= 4 is 48.9 Å². The molecular formula is C18H34Cl3N5O. The zero-order valence-electron chi connectivity index (χ0n) is 16.1. The van der Waals surface area contributed by atoms with E-state index in [4.69, 9.17) is 5.73 Å². The molecule has 0 aliphatic carbocycles. The Morgan fingerprint density at radius 3 is 2.44 bits per heavy atom. The highest BCUT2D eigenvalue weighted by molar-refractivity contribution is 5.86. The molecule has 1 aliphatic rings. The van der Waals surface area contributed by atoms with E-state index in [1.165, 1.54) is 0 Å². The van der Waals surface area contributed by atoms with Gasteiger partial charge in [0.15, 0.2) is 0 Å². The highest BCUT2D eigenvalue weighted by Crippen LogP contribution is 2.14. The second-order valence-corrected chi connectivity index (χ2v) is 6.54. The number of aromatic nitrogens is 1. The summed E-state index contributed by atoms with van der Waals surface area (Å²) in [4.78, 5) is 21.0. The zero-order chi connectivity index (χ0) is 17.2. The first-order chi connectivity index (χ1) is 11.7. The van der Waals surface area contributed by atoms with Crippen LogP contribution in [-0.4, -0.2) is 55.6 Å². The van der Waals surface area contributed by atoms with Crippen molar-refractivity contribution in [3.05, 3.63) is 23.9 Å². The third-order valence-electron chi connectivity index (χ3n) is 4.48. The van der Waals surface area contributed by atoms with Crippen molar-refractivity contribution in [2.75, 3.05) is 44.7 Å². The molecule has 0 radical (unpaired) electrons. The first-order valence-electron chi connectivity index (χ1n) is 9.04. The maximum absolute atomic E-state index is 11.9. The van der Waals surface area contributed by atoms with Gasteiger partial charge >= 0.3 is 0 Å². The number of nitrogens with one attached hydrogen (secondary N) is 1. The second kappa shape index (κ2) is 16.2. The van der Waals surface area contributed by atoms with Crippen LogP contribution in [0.15, 0.2) is 18.3 Å². The number of hydrogen-bond acceptors (Lipinski definition) is 5. The molecule has 2 rings (SSSR count). The summed E-state index contributed by atoms with van der Waals surface area (Å²) >= 11 is 0. The molecule has 1 amide bonds. The van der Waals surface area contributed by atoms with Crippen LogP contribution in [0.25, 0.3) is 0 Å². The van der Waals surface area contributed by atoms with Gasteiger partial charge in [0.05, 0.1) is 0 Å². The number of halogens is 3. The van der Waals surface area contributed by atoms with Gasteiger partial charge in [0.25, 0.3) is 0 Å². The standard InChI is InChI=1S/C18H31N5O.3ClH/c1-22-10-12-23(13-11-22)17-14-16(7-9-20-17)15-21-18(24)6-4-2-3-5-8-19;;;/h7,9,14H,2-6,8,10-13,15,19H2,1H3,(H,21,24);3*1H. The lowest BCUT2D eigenvalue weighted by Crippen LogP contribution is -2.44. The van der Waals surface area contributed by atoms with Crippen LogP contribution in [0.3, 0.4) is 0 Å². The van der Waals surface area contributed by atoms with Crippen LogP contribution in [0.2, 0.25) is 0 Å². The van der Waals surface area contributed by atoms with Crippen LogP contribution in [-0.2, 0) is 11.3 Å². The predicted octanol–water partition coefficient (Wildman–Crippen LogP) is 2.62. The van der Waals surface area contributed by atoms with Gasteiger partial charge in [-0.25, -0.2) is 4.98 Å². The number of hydrogen-bond donors (Lipinski definition) is 2. The summed E-state index contributed by atoms with van der Waals surface area (Å²) in [7, 11) is 2.15. The summed E-state index contributed by atoms with van der Waals surface area (Å²) in [6.45, 7) is 5.44. The van der Waals surface area contributed by atoms with Crippen molar-refractivity contribution in [3.8, 4) is 0 Å². The van der Waals surface area contributed by atoms with Gasteiger partial charge in [0.2, 0.25) is 5.91 Å². The maximum Gasteiger partial charge on any atom is 0.220 e. The molecule has 0 atom stereocenters. The number of nitrogens with zero attached hydrogens (tertiary/aromatic N) is 3. The van der Waals surface area contributed by atoms with Crippen LogP contribution >= 0.6 is 37.2 Å². The van der Waals surface area contributed by atoms with Crippen molar-refractivity contribution in [1.29, 1.82) is 0 Å². The molecule has 0 spiro atoms. The minimum Gasteiger partial charge on any atom is -0.354 e. The lowest BCUT2D eigenvalue weighted by atomic mass is 10.1. The van der Waals surface area contributed by atoms with Gasteiger partial charge in [-0.2, -0.15) is 0 Å². The van der Waals surface area contributed by atoms with Gasteiger partial charge in [0.1, 0.15) is 5.82 Å². The fourth-order valence-corrected chi connectivity index (χ4v) is 2.85. The molecule has 0 bridgehead atoms. The number of pyridine rings is 1. The minimum atomic E-state index is 0. The van der Waals surface area contributed by atoms with Gasteiger partial charge in [-0.05, 0) is 44.1 Å². The topological polar surface area (TPSA) is 74.5 Å². The van der Waals surface area contributed by atoms with Crippen LogP contribution in [0.4, 0.5) is 5.82 Å². The lowest BCUT2D eigenvalue weighted by Gasteiger charge is -2.33. The van der Waals surface area contributed by atoms with Crippen LogP contribution in [0.5, 0.6) is 0 Å². The van der Waals surface area contributed by atoms with Crippen molar-refractivity contribution in [3.63, 3.8) is 0 Å². The molecule has 2 heterocycles. The van der Waals surface area contributed by atoms with Gasteiger partial charge in [-0.15, -0.1) is 37.2 Å². The van der Waals surface area contributed by atoms with Gasteiger partial charge in [0, 0.05) is 45.3 Å². The van der Waals surface area contributed by atoms with E-state index in [0.29, 0.717) is 13.0 Å². The van der Waals surface area contributed by atoms with E-state index in [2.05, 4.69) is 33.2 Å². The first-order valence-corrected chi connectivity index (χ1v) is 9.04. The molecule has 1 aliphatic heterocycles. The lowest BCUT2D eigenvalue weighted by molar-refractivity contribution is -0.121. The van der Waals surface area contributed by atoms with E-state index >= 15 is 0 Å². The smallest absolute Gasteiger partial charge is 0.220 e. The molecule has 1 aromatic rings. The number of nitrogens with two attached hydrogens (primary N) is 1. The van der Waals surface area contributed by atoms with Crippen LogP contribution < -0.4 is 16.0 Å². The van der Waals surface area contributed by atoms with Crippen molar-refractivity contribution in [2.24, 2.45) is 5.73 Å². The average Bonchev–Trinajstić information content (AvgIpc) is 2.61. The molecule has 158 valence electrons. The molecule has 0 unspecified atom stereocenters. The van der Waals surface area contributed by atoms with E-state index in [1.807, 2.05) is 12.3 Å². The fourth-order valence-electron chi connectivity index (χ4n) is 2.85. The summed E-state index contributed by atoms with van der Waals surface area (Å²) in [5, 5.41) is 3.01. The first kappa shape index (κ1) is 28.4. The Morgan fingerprint density at radius 2 is 1.78 bits per heavy atom. The number of anilines is 1. The largest absolute Gasteiger partial charge is 0.354 e. The van der Waals surface area contributed by atoms with E-state index in [9.17, 15) is 4.79 Å². The predicted molar refractivity (Wildman–Crippen MR) is 120 cm³/mol. The average molecular weight is 443 g/mol. The summed E-state index contributed by atoms with van der Waals surface area (Å²) in [6.07, 6.45) is 6.61. The molecule has 1 fully saturated rings. The van der Waals surface area contributed by atoms with Crippen LogP contribution in [0.1, 0.15) is 37.7 Å². The van der Waals surface area contributed by atoms with Crippen LogP contribution in [0, 0.1) is 0 Å². The van der Waals surface area contributed by atoms with Crippen molar-refractivity contribution in [1.82, 2.24) is 15.2 Å². The molecule has 27 heavy (non-hydrogen) atoms. The Kier molecular flexibility index (Phi) is 17.0. The Morgan fingerprint density at radius 1 is 1.11 bits per heavy atom. The number of likely N-dealkylation sites (N-methyl/N-ethyl adjacent to an activating group) is 1. The number of amides is 1. The highest BCUT2D eigenvalue weighted by Gasteiger charge is 2.15. The number of piperazine rings is 1. The Labute approximate surface area is 181 Å². The fraction of sp³-hybridized carbons (Fsp3) is 0.667. The number of carbonyl (C=O) groups is 1.